The topological polar surface area (TPSA) is 39.5 Å². The van der Waals surface area contributed by atoms with Gasteiger partial charge in [0, 0.05) is 32.0 Å². The van der Waals surface area contributed by atoms with Crippen LogP contribution < -0.4 is 4.74 Å². The molecule has 3 heterocycles. The van der Waals surface area contributed by atoms with Crippen LogP contribution in [0.4, 0.5) is 0 Å². The maximum Gasteiger partial charge on any atom is 0.119 e. The van der Waals surface area contributed by atoms with E-state index in [1.807, 2.05) is 29.2 Å². The lowest BCUT2D eigenvalue weighted by Gasteiger charge is -2.42. The van der Waals surface area contributed by atoms with Gasteiger partial charge < -0.3 is 9.47 Å². The summed E-state index contributed by atoms with van der Waals surface area (Å²) in [6.45, 7) is 6.06. The lowest BCUT2D eigenvalue weighted by molar-refractivity contribution is -0.0577. The molecule has 0 aliphatic carbocycles. The van der Waals surface area contributed by atoms with Crippen molar-refractivity contribution in [1.29, 1.82) is 0 Å². The summed E-state index contributed by atoms with van der Waals surface area (Å²) in [7, 11) is 1.71. The van der Waals surface area contributed by atoms with Crippen molar-refractivity contribution in [3.63, 3.8) is 0 Å². The van der Waals surface area contributed by atoms with E-state index in [1.54, 1.807) is 7.11 Å². The van der Waals surface area contributed by atoms with Crippen LogP contribution in [0.1, 0.15) is 31.7 Å². The highest BCUT2D eigenvalue weighted by molar-refractivity contribution is 5.45. The average molecular weight is 353 g/mol. The number of hydrogen-bond donors (Lipinski definition) is 0. The minimum absolute atomic E-state index is 0.0297. The third-order valence-electron chi connectivity index (χ3n) is 5.53. The van der Waals surface area contributed by atoms with Gasteiger partial charge in [-0.15, -0.1) is 0 Å². The molecule has 1 spiro atoms. The molecule has 0 unspecified atom stereocenters. The van der Waals surface area contributed by atoms with Crippen LogP contribution >= 0.6 is 0 Å². The number of hydrogen-bond acceptors (Lipinski definition) is 4. The van der Waals surface area contributed by atoms with Gasteiger partial charge in [-0.05, 0) is 56.0 Å². The van der Waals surface area contributed by atoms with E-state index in [0.717, 1.165) is 56.9 Å². The summed E-state index contributed by atoms with van der Waals surface area (Å²) >= 11 is 0. The standard InChI is InChI=1S/C21H27N3O2/c1-17-6-13-26-21(15-17)7-11-23(12-8-21)16-18-14-19(25-2)4-5-20(18)24-10-3-9-22-24/h3-5,9-10,14-15H,6-8,11-13,16H2,1-2H3. The molecular formula is C21H27N3O2. The molecule has 0 saturated carbocycles. The second-order valence-corrected chi connectivity index (χ2v) is 7.38. The fourth-order valence-corrected chi connectivity index (χ4v) is 4.05. The minimum Gasteiger partial charge on any atom is -0.497 e. The number of methoxy groups -OCH3 is 1. The number of rotatable bonds is 4. The summed E-state index contributed by atoms with van der Waals surface area (Å²) in [5, 5.41) is 4.40. The van der Waals surface area contributed by atoms with E-state index in [9.17, 15) is 0 Å². The van der Waals surface area contributed by atoms with Gasteiger partial charge in [0.05, 0.1) is 25.0 Å². The molecule has 5 heteroatoms. The van der Waals surface area contributed by atoms with E-state index < -0.39 is 0 Å². The van der Waals surface area contributed by atoms with Crippen molar-refractivity contribution in [3.05, 3.63) is 53.9 Å². The van der Waals surface area contributed by atoms with Gasteiger partial charge in [0.15, 0.2) is 0 Å². The molecule has 5 nitrogen and oxygen atoms in total. The van der Waals surface area contributed by atoms with Crippen LogP contribution in [0, 0.1) is 0 Å². The van der Waals surface area contributed by atoms with Crippen molar-refractivity contribution >= 4 is 0 Å². The number of nitrogens with zero attached hydrogens (tertiary/aromatic N) is 3. The maximum absolute atomic E-state index is 6.16. The van der Waals surface area contributed by atoms with E-state index in [2.05, 4.69) is 35.1 Å². The Balaban J connectivity index is 1.50. The zero-order chi connectivity index (χ0) is 18.0. The Hall–Kier alpha value is -2.11. The van der Waals surface area contributed by atoms with Crippen LogP contribution in [0.25, 0.3) is 5.69 Å². The van der Waals surface area contributed by atoms with Crippen molar-refractivity contribution in [2.45, 2.75) is 38.3 Å². The van der Waals surface area contributed by atoms with E-state index in [4.69, 9.17) is 9.47 Å². The molecule has 2 aliphatic heterocycles. The predicted octanol–water partition coefficient (Wildman–Crippen LogP) is 3.58. The fourth-order valence-electron chi connectivity index (χ4n) is 4.05. The molecule has 1 aromatic heterocycles. The van der Waals surface area contributed by atoms with Crippen LogP contribution in [-0.4, -0.2) is 47.1 Å². The first kappa shape index (κ1) is 17.3. The third kappa shape index (κ3) is 3.55. The molecule has 2 aromatic rings. The fraction of sp³-hybridized carbons (Fsp3) is 0.476. The number of ether oxygens (including phenoxy) is 2. The zero-order valence-electron chi connectivity index (χ0n) is 15.6. The summed E-state index contributed by atoms with van der Waals surface area (Å²) in [6.07, 6.45) is 9.36. The van der Waals surface area contributed by atoms with Crippen LogP contribution in [0.15, 0.2) is 48.3 Å². The number of likely N-dealkylation sites (tertiary alicyclic amines) is 1. The average Bonchev–Trinajstić information content (AvgIpc) is 3.18. The van der Waals surface area contributed by atoms with Gasteiger partial charge in [0.1, 0.15) is 5.75 Å². The Morgan fingerprint density at radius 2 is 2.12 bits per heavy atom. The lowest BCUT2D eigenvalue weighted by Crippen LogP contribution is -2.46. The first-order valence-electron chi connectivity index (χ1n) is 9.39. The molecule has 1 aromatic carbocycles. The van der Waals surface area contributed by atoms with Crippen molar-refractivity contribution in [1.82, 2.24) is 14.7 Å². The largest absolute Gasteiger partial charge is 0.497 e. The molecule has 0 bridgehead atoms. The highest BCUT2D eigenvalue weighted by Gasteiger charge is 2.35. The summed E-state index contributed by atoms with van der Waals surface area (Å²) in [4.78, 5) is 2.51. The predicted molar refractivity (Wildman–Crippen MR) is 102 cm³/mol. The summed E-state index contributed by atoms with van der Waals surface area (Å²) in [5.74, 6) is 0.888. The smallest absolute Gasteiger partial charge is 0.119 e. The van der Waals surface area contributed by atoms with Gasteiger partial charge >= 0.3 is 0 Å². The monoisotopic (exact) mass is 353 g/mol. The second-order valence-electron chi connectivity index (χ2n) is 7.38. The van der Waals surface area contributed by atoms with E-state index in [1.165, 1.54) is 11.1 Å². The van der Waals surface area contributed by atoms with Crippen molar-refractivity contribution in [2.75, 3.05) is 26.8 Å². The minimum atomic E-state index is -0.0297. The molecule has 0 atom stereocenters. The Morgan fingerprint density at radius 3 is 2.81 bits per heavy atom. The first-order valence-corrected chi connectivity index (χ1v) is 9.39. The van der Waals surface area contributed by atoms with Crippen LogP contribution in [-0.2, 0) is 11.3 Å². The van der Waals surface area contributed by atoms with Gasteiger partial charge in [-0.25, -0.2) is 4.68 Å². The molecule has 0 N–H and O–H groups in total. The van der Waals surface area contributed by atoms with Gasteiger partial charge in [-0.2, -0.15) is 5.10 Å². The number of aromatic nitrogens is 2. The van der Waals surface area contributed by atoms with Crippen molar-refractivity contribution < 1.29 is 9.47 Å². The highest BCUT2D eigenvalue weighted by atomic mass is 16.5. The van der Waals surface area contributed by atoms with Crippen LogP contribution in [0.5, 0.6) is 5.75 Å². The van der Waals surface area contributed by atoms with Crippen molar-refractivity contribution in [3.8, 4) is 11.4 Å². The number of piperidine rings is 1. The summed E-state index contributed by atoms with van der Waals surface area (Å²) in [5.41, 5.74) is 3.79. The van der Waals surface area contributed by atoms with Gasteiger partial charge in [0.2, 0.25) is 0 Å². The Bertz CT molecular complexity index is 775. The lowest BCUT2D eigenvalue weighted by atomic mass is 9.87. The molecule has 0 amide bonds. The van der Waals surface area contributed by atoms with E-state index in [0.29, 0.717) is 0 Å². The third-order valence-corrected chi connectivity index (χ3v) is 5.53. The maximum atomic E-state index is 6.16. The van der Waals surface area contributed by atoms with Crippen molar-refractivity contribution in [2.24, 2.45) is 0 Å². The van der Waals surface area contributed by atoms with Crippen LogP contribution in [0.3, 0.4) is 0 Å². The molecule has 0 radical (unpaired) electrons. The molecule has 1 saturated heterocycles. The molecule has 138 valence electrons. The van der Waals surface area contributed by atoms with E-state index >= 15 is 0 Å². The SMILES string of the molecule is COc1ccc(-n2cccn2)c(CN2CCC3(C=C(C)CCO3)CC2)c1. The van der Waals surface area contributed by atoms with E-state index in [-0.39, 0.29) is 5.60 Å². The van der Waals surface area contributed by atoms with Gasteiger partial charge in [-0.3, -0.25) is 4.90 Å². The Labute approximate surface area is 155 Å². The molecular weight excluding hydrogens is 326 g/mol. The van der Waals surface area contributed by atoms with Gasteiger partial charge in [-0.1, -0.05) is 11.6 Å². The Morgan fingerprint density at radius 1 is 1.27 bits per heavy atom. The Kier molecular flexibility index (Phi) is 4.83. The molecule has 26 heavy (non-hydrogen) atoms. The second kappa shape index (κ2) is 7.25. The normalized spacial score (nSPS) is 20.2. The van der Waals surface area contributed by atoms with Gasteiger partial charge in [0.25, 0.3) is 0 Å². The summed E-state index contributed by atoms with van der Waals surface area (Å²) < 4.78 is 13.5. The molecule has 2 aliphatic rings. The first-order chi connectivity index (χ1) is 12.7. The zero-order valence-corrected chi connectivity index (χ0v) is 15.6. The summed E-state index contributed by atoms with van der Waals surface area (Å²) in [6, 6.07) is 8.16. The highest BCUT2D eigenvalue weighted by Crippen LogP contribution is 2.34. The van der Waals surface area contributed by atoms with Crippen LogP contribution in [0.2, 0.25) is 0 Å². The quantitative estimate of drug-likeness (QED) is 0.788. The molecule has 1 fully saturated rings. The molecule has 4 rings (SSSR count). The number of benzene rings is 1.